The zero-order chi connectivity index (χ0) is 20.6. The molecular formula is C22H23N3O4. The smallest absolute Gasteiger partial charge is 0.257 e. The van der Waals surface area contributed by atoms with E-state index in [1.54, 1.807) is 44.6 Å². The number of carbonyl (C=O) groups is 1. The number of benzene rings is 2. The standard InChI is InChI=1S/C22H23N3O4/c1-4-29-17-8-6-16(7-9-17)24-21-12-5-15(14-23-21)22(26)25-19-13-18(27-2)10-11-20(19)28-3/h5-14H,4H2,1-3H3,(H,23,24)(H,25,26). The monoisotopic (exact) mass is 393 g/mol. The number of amides is 1. The van der Waals surface area contributed by atoms with Crippen molar-refractivity contribution in [3.8, 4) is 17.2 Å². The zero-order valence-corrected chi connectivity index (χ0v) is 16.6. The summed E-state index contributed by atoms with van der Waals surface area (Å²) in [5.41, 5.74) is 1.82. The predicted octanol–water partition coefficient (Wildman–Crippen LogP) is 4.49. The molecule has 0 aliphatic carbocycles. The number of methoxy groups -OCH3 is 2. The number of aromatic nitrogens is 1. The second-order valence-electron chi connectivity index (χ2n) is 6.03. The molecule has 7 nitrogen and oxygen atoms in total. The van der Waals surface area contributed by atoms with Crippen LogP contribution in [0.25, 0.3) is 0 Å². The van der Waals surface area contributed by atoms with Crippen LogP contribution in [0.3, 0.4) is 0 Å². The maximum absolute atomic E-state index is 12.6. The molecule has 1 aromatic heterocycles. The van der Waals surface area contributed by atoms with Gasteiger partial charge in [-0.1, -0.05) is 0 Å². The second kappa shape index (κ2) is 9.45. The first-order valence-corrected chi connectivity index (χ1v) is 9.12. The molecule has 1 heterocycles. The number of nitrogens with one attached hydrogen (secondary N) is 2. The highest BCUT2D eigenvalue weighted by molar-refractivity contribution is 6.05. The normalized spacial score (nSPS) is 10.2. The van der Waals surface area contributed by atoms with E-state index in [1.165, 1.54) is 6.20 Å². The van der Waals surface area contributed by atoms with Crippen LogP contribution in [0, 0.1) is 0 Å². The lowest BCUT2D eigenvalue weighted by atomic mass is 10.2. The van der Waals surface area contributed by atoms with Crippen molar-refractivity contribution in [2.24, 2.45) is 0 Å². The van der Waals surface area contributed by atoms with Crippen LogP contribution in [0.15, 0.2) is 60.8 Å². The lowest BCUT2D eigenvalue weighted by molar-refractivity contribution is 0.102. The van der Waals surface area contributed by atoms with Gasteiger partial charge in [-0.25, -0.2) is 4.98 Å². The fourth-order valence-corrected chi connectivity index (χ4v) is 2.66. The van der Waals surface area contributed by atoms with Gasteiger partial charge in [0.05, 0.1) is 32.1 Å². The number of pyridine rings is 1. The number of anilines is 3. The zero-order valence-electron chi connectivity index (χ0n) is 16.6. The Kier molecular flexibility index (Phi) is 6.52. The molecule has 0 fully saturated rings. The van der Waals surface area contributed by atoms with E-state index in [1.807, 2.05) is 31.2 Å². The Morgan fingerprint density at radius 1 is 0.966 bits per heavy atom. The molecule has 2 aromatic carbocycles. The van der Waals surface area contributed by atoms with Crippen molar-refractivity contribution in [2.45, 2.75) is 6.92 Å². The first-order chi connectivity index (χ1) is 14.1. The molecule has 0 spiro atoms. The number of hydrogen-bond acceptors (Lipinski definition) is 6. The van der Waals surface area contributed by atoms with Gasteiger partial charge in [0.25, 0.3) is 5.91 Å². The summed E-state index contributed by atoms with van der Waals surface area (Å²) in [5, 5.41) is 6.01. The van der Waals surface area contributed by atoms with Gasteiger partial charge in [0, 0.05) is 18.0 Å². The van der Waals surface area contributed by atoms with Crippen molar-refractivity contribution in [3.63, 3.8) is 0 Å². The van der Waals surface area contributed by atoms with Crippen LogP contribution in [-0.2, 0) is 0 Å². The van der Waals surface area contributed by atoms with Crippen LogP contribution < -0.4 is 24.8 Å². The van der Waals surface area contributed by atoms with Crippen molar-refractivity contribution in [1.29, 1.82) is 0 Å². The number of rotatable bonds is 8. The highest BCUT2D eigenvalue weighted by Gasteiger charge is 2.11. The highest BCUT2D eigenvalue weighted by atomic mass is 16.5. The Bertz CT molecular complexity index is 957. The Morgan fingerprint density at radius 3 is 2.34 bits per heavy atom. The minimum atomic E-state index is -0.295. The fourth-order valence-electron chi connectivity index (χ4n) is 2.66. The van der Waals surface area contributed by atoms with Crippen LogP contribution in [0.1, 0.15) is 17.3 Å². The highest BCUT2D eigenvalue weighted by Crippen LogP contribution is 2.29. The summed E-state index contributed by atoms with van der Waals surface area (Å²) >= 11 is 0. The molecule has 0 aliphatic rings. The van der Waals surface area contributed by atoms with Gasteiger partial charge in [0.1, 0.15) is 23.1 Å². The second-order valence-corrected chi connectivity index (χ2v) is 6.03. The lowest BCUT2D eigenvalue weighted by Gasteiger charge is -2.12. The Hall–Kier alpha value is -3.74. The number of carbonyl (C=O) groups excluding carboxylic acids is 1. The summed E-state index contributed by atoms with van der Waals surface area (Å²) in [4.78, 5) is 16.9. The van der Waals surface area contributed by atoms with E-state index in [0.717, 1.165) is 11.4 Å². The SMILES string of the molecule is CCOc1ccc(Nc2ccc(C(=O)Nc3cc(OC)ccc3OC)cn2)cc1. The minimum Gasteiger partial charge on any atom is -0.497 e. The lowest BCUT2D eigenvalue weighted by Crippen LogP contribution is -2.13. The summed E-state index contributed by atoms with van der Waals surface area (Å²) < 4.78 is 15.9. The van der Waals surface area contributed by atoms with Crippen LogP contribution >= 0.6 is 0 Å². The summed E-state index contributed by atoms with van der Waals surface area (Å²) in [7, 11) is 3.10. The summed E-state index contributed by atoms with van der Waals surface area (Å²) in [6, 6.07) is 16.2. The van der Waals surface area contributed by atoms with Crippen LogP contribution in [-0.4, -0.2) is 31.7 Å². The van der Waals surface area contributed by atoms with E-state index in [9.17, 15) is 4.79 Å². The summed E-state index contributed by atoms with van der Waals surface area (Å²) in [6.45, 7) is 2.57. The molecule has 0 bridgehead atoms. The molecule has 0 saturated carbocycles. The van der Waals surface area contributed by atoms with Gasteiger partial charge in [-0.15, -0.1) is 0 Å². The molecule has 7 heteroatoms. The van der Waals surface area contributed by atoms with Crippen LogP contribution in [0.2, 0.25) is 0 Å². The maximum atomic E-state index is 12.6. The average molecular weight is 393 g/mol. The van der Waals surface area contributed by atoms with Gasteiger partial charge < -0.3 is 24.8 Å². The van der Waals surface area contributed by atoms with Crippen molar-refractivity contribution >= 4 is 23.1 Å². The molecule has 3 aromatic rings. The number of ether oxygens (including phenoxy) is 3. The number of nitrogens with zero attached hydrogens (tertiary/aromatic N) is 1. The number of hydrogen-bond donors (Lipinski definition) is 2. The summed E-state index contributed by atoms with van der Waals surface area (Å²) in [6.07, 6.45) is 1.51. The molecule has 0 aliphatic heterocycles. The molecular weight excluding hydrogens is 370 g/mol. The van der Waals surface area contributed by atoms with Crippen molar-refractivity contribution in [1.82, 2.24) is 4.98 Å². The van der Waals surface area contributed by atoms with Crippen LogP contribution in [0.4, 0.5) is 17.2 Å². The largest absolute Gasteiger partial charge is 0.497 e. The van der Waals surface area contributed by atoms with Crippen LogP contribution in [0.5, 0.6) is 17.2 Å². The topological polar surface area (TPSA) is 81.7 Å². The van der Waals surface area contributed by atoms with E-state index in [0.29, 0.717) is 35.2 Å². The third-order valence-corrected chi connectivity index (χ3v) is 4.12. The Labute approximate surface area is 169 Å². The molecule has 1 amide bonds. The molecule has 29 heavy (non-hydrogen) atoms. The predicted molar refractivity (Wildman–Crippen MR) is 113 cm³/mol. The van der Waals surface area contributed by atoms with Gasteiger partial charge in [-0.3, -0.25) is 4.79 Å². The average Bonchev–Trinajstić information content (AvgIpc) is 2.75. The molecule has 3 rings (SSSR count). The van der Waals surface area contributed by atoms with Gasteiger partial charge in [-0.2, -0.15) is 0 Å². The van der Waals surface area contributed by atoms with Gasteiger partial charge in [0.2, 0.25) is 0 Å². The molecule has 0 unspecified atom stereocenters. The Morgan fingerprint density at radius 2 is 1.72 bits per heavy atom. The molecule has 0 saturated heterocycles. The quantitative estimate of drug-likeness (QED) is 0.587. The molecule has 2 N–H and O–H groups in total. The van der Waals surface area contributed by atoms with Gasteiger partial charge in [0.15, 0.2) is 0 Å². The van der Waals surface area contributed by atoms with Gasteiger partial charge >= 0.3 is 0 Å². The first kappa shape index (κ1) is 20.0. The third-order valence-electron chi connectivity index (χ3n) is 4.12. The Balaban J connectivity index is 1.67. The van der Waals surface area contributed by atoms with Crippen molar-refractivity contribution in [2.75, 3.05) is 31.5 Å². The molecule has 150 valence electrons. The van der Waals surface area contributed by atoms with E-state index >= 15 is 0 Å². The van der Waals surface area contributed by atoms with E-state index < -0.39 is 0 Å². The molecule has 0 atom stereocenters. The molecule has 0 radical (unpaired) electrons. The van der Waals surface area contributed by atoms with Crippen molar-refractivity contribution < 1.29 is 19.0 Å². The van der Waals surface area contributed by atoms with Crippen molar-refractivity contribution in [3.05, 3.63) is 66.4 Å². The summed E-state index contributed by atoms with van der Waals surface area (Å²) in [5.74, 6) is 2.31. The first-order valence-electron chi connectivity index (χ1n) is 9.12. The van der Waals surface area contributed by atoms with E-state index in [-0.39, 0.29) is 5.91 Å². The fraction of sp³-hybridized carbons (Fsp3) is 0.182. The van der Waals surface area contributed by atoms with E-state index in [2.05, 4.69) is 15.6 Å². The third kappa shape index (κ3) is 5.16. The maximum Gasteiger partial charge on any atom is 0.257 e. The minimum absolute atomic E-state index is 0.295. The van der Waals surface area contributed by atoms with E-state index in [4.69, 9.17) is 14.2 Å². The van der Waals surface area contributed by atoms with Gasteiger partial charge in [-0.05, 0) is 55.5 Å².